The first kappa shape index (κ1) is 20.9. The Bertz CT molecular complexity index is 1450. The highest BCUT2D eigenvalue weighted by atomic mass is 32.2. The van der Waals surface area contributed by atoms with Crippen LogP contribution in [0, 0.1) is 6.92 Å². The Morgan fingerprint density at radius 2 is 1.68 bits per heavy atom. The zero-order chi connectivity index (χ0) is 23.1. The van der Waals surface area contributed by atoms with Crippen LogP contribution < -0.4 is 4.90 Å². The van der Waals surface area contributed by atoms with Gasteiger partial charge in [-0.1, -0.05) is 30.3 Å². The Hall–Kier alpha value is -3.63. The Kier molecular flexibility index (Phi) is 5.31. The van der Waals surface area contributed by atoms with E-state index in [1.54, 1.807) is 11.9 Å². The molecular formula is C24H24N8OS. The van der Waals surface area contributed by atoms with Gasteiger partial charge in [0.2, 0.25) is 0 Å². The lowest BCUT2D eigenvalue weighted by Gasteiger charge is -2.29. The number of hydrogen-bond donors (Lipinski definition) is 0. The SMILES string of the molecule is CSn1nc(-c2cc3nc(-n4ccc(-c5ccccc5)n4)cc(N4CCOCC4)n3n2)cc1C. The van der Waals surface area contributed by atoms with Crippen molar-refractivity contribution in [2.75, 3.05) is 37.5 Å². The maximum Gasteiger partial charge on any atom is 0.160 e. The molecule has 0 unspecified atom stereocenters. The molecule has 0 radical (unpaired) electrons. The first-order valence-electron chi connectivity index (χ1n) is 11.2. The van der Waals surface area contributed by atoms with E-state index in [9.17, 15) is 0 Å². The lowest BCUT2D eigenvalue weighted by Crippen LogP contribution is -2.37. The summed E-state index contributed by atoms with van der Waals surface area (Å²) < 4.78 is 11.2. The molecule has 0 atom stereocenters. The van der Waals surface area contributed by atoms with Gasteiger partial charge in [0.05, 0.1) is 18.9 Å². The Labute approximate surface area is 201 Å². The van der Waals surface area contributed by atoms with E-state index >= 15 is 0 Å². The van der Waals surface area contributed by atoms with Gasteiger partial charge in [0, 0.05) is 48.9 Å². The molecule has 0 bridgehead atoms. The molecule has 1 aliphatic heterocycles. The summed E-state index contributed by atoms with van der Waals surface area (Å²) in [6.07, 6.45) is 3.96. The van der Waals surface area contributed by atoms with Gasteiger partial charge in [-0.15, -0.1) is 0 Å². The summed E-state index contributed by atoms with van der Waals surface area (Å²) in [7, 11) is 0. The standard InChI is InChI=1S/C24H24N8OS/c1-17-14-20(28-32(17)34-2)21-15-23-25-22(16-24(31(23)27-21)29-10-12-33-13-11-29)30-9-8-19(26-30)18-6-4-3-5-7-18/h3-9,14-16H,10-13H2,1-2H3. The fourth-order valence-corrected chi connectivity index (χ4v) is 4.70. The molecule has 1 aromatic carbocycles. The predicted molar refractivity (Wildman–Crippen MR) is 133 cm³/mol. The number of benzene rings is 1. The van der Waals surface area contributed by atoms with Crippen LogP contribution in [0.15, 0.2) is 60.8 Å². The van der Waals surface area contributed by atoms with Crippen molar-refractivity contribution in [2.45, 2.75) is 6.92 Å². The minimum Gasteiger partial charge on any atom is -0.378 e. The van der Waals surface area contributed by atoms with Crippen LogP contribution in [0.5, 0.6) is 0 Å². The molecule has 9 nitrogen and oxygen atoms in total. The van der Waals surface area contributed by atoms with Gasteiger partial charge in [0.1, 0.15) is 17.2 Å². The number of hydrogen-bond acceptors (Lipinski definition) is 7. The Morgan fingerprint density at radius 3 is 2.44 bits per heavy atom. The van der Waals surface area contributed by atoms with Gasteiger partial charge in [-0.3, -0.25) is 0 Å². The third-order valence-electron chi connectivity index (χ3n) is 5.90. The zero-order valence-corrected chi connectivity index (χ0v) is 19.8. The number of nitrogens with zero attached hydrogens (tertiary/aromatic N) is 8. The molecule has 0 N–H and O–H groups in total. The number of ether oxygens (including phenoxy) is 1. The van der Waals surface area contributed by atoms with Gasteiger partial charge in [0.15, 0.2) is 11.5 Å². The third-order valence-corrected chi connectivity index (χ3v) is 6.62. The molecule has 5 aromatic rings. The third kappa shape index (κ3) is 3.74. The average molecular weight is 473 g/mol. The summed E-state index contributed by atoms with van der Waals surface area (Å²) in [4.78, 5) is 7.19. The molecule has 1 aliphatic rings. The minimum atomic E-state index is 0.685. The minimum absolute atomic E-state index is 0.685. The molecular weight excluding hydrogens is 448 g/mol. The summed E-state index contributed by atoms with van der Waals surface area (Å²) >= 11 is 1.57. The van der Waals surface area contributed by atoms with Crippen molar-refractivity contribution >= 4 is 23.4 Å². The largest absolute Gasteiger partial charge is 0.378 e. The lowest BCUT2D eigenvalue weighted by molar-refractivity contribution is 0.122. The van der Waals surface area contributed by atoms with Crippen LogP contribution in [0.2, 0.25) is 0 Å². The predicted octanol–water partition coefficient (Wildman–Crippen LogP) is 3.72. The van der Waals surface area contributed by atoms with E-state index in [4.69, 9.17) is 19.9 Å². The van der Waals surface area contributed by atoms with Gasteiger partial charge in [0.25, 0.3) is 0 Å². The topological polar surface area (TPSA) is 78.3 Å². The zero-order valence-electron chi connectivity index (χ0n) is 19.0. The second-order valence-corrected chi connectivity index (χ2v) is 8.82. The summed E-state index contributed by atoms with van der Waals surface area (Å²) in [6.45, 7) is 5.00. The van der Waals surface area contributed by atoms with Crippen LogP contribution in [0.4, 0.5) is 5.82 Å². The maximum atomic E-state index is 5.58. The lowest BCUT2D eigenvalue weighted by atomic mass is 10.2. The van der Waals surface area contributed by atoms with Crippen LogP contribution in [0.25, 0.3) is 34.1 Å². The molecule has 172 valence electrons. The molecule has 0 spiro atoms. The number of anilines is 1. The average Bonchev–Trinajstić information content (AvgIpc) is 3.62. The van der Waals surface area contributed by atoms with Crippen LogP contribution in [0.1, 0.15) is 5.69 Å². The van der Waals surface area contributed by atoms with E-state index in [2.05, 4.69) is 22.1 Å². The number of morpholine rings is 1. The van der Waals surface area contributed by atoms with Gasteiger partial charge in [-0.05, 0) is 31.0 Å². The Morgan fingerprint density at radius 1 is 0.882 bits per heavy atom. The molecule has 1 fully saturated rings. The fourth-order valence-electron chi connectivity index (χ4n) is 4.19. The molecule has 10 heteroatoms. The van der Waals surface area contributed by atoms with Crippen molar-refractivity contribution in [3.63, 3.8) is 0 Å². The van der Waals surface area contributed by atoms with E-state index in [0.717, 1.165) is 58.7 Å². The van der Waals surface area contributed by atoms with Crippen LogP contribution in [-0.2, 0) is 4.74 Å². The molecule has 0 aliphatic carbocycles. The monoisotopic (exact) mass is 472 g/mol. The number of fused-ring (bicyclic) bond motifs is 1. The van der Waals surface area contributed by atoms with Crippen molar-refractivity contribution in [2.24, 2.45) is 0 Å². The highest BCUT2D eigenvalue weighted by Crippen LogP contribution is 2.26. The number of aromatic nitrogens is 7. The van der Waals surface area contributed by atoms with Crippen LogP contribution in [-0.4, -0.2) is 66.1 Å². The fraction of sp³-hybridized carbons (Fsp3) is 0.250. The van der Waals surface area contributed by atoms with Gasteiger partial charge >= 0.3 is 0 Å². The van der Waals surface area contributed by atoms with Gasteiger partial charge < -0.3 is 9.64 Å². The maximum absolute atomic E-state index is 5.58. The number of aryl methyl sites for hydroxylation is 1. The molecule has 1 saturated heterocycles. The normalized spacial score (nSPS) is 14.2. The van der Waals surface area contributed by atoms with Crippen molar-refractivity contribution in [1.29, 1.82) is 0 Å². The molecule has 34 heavy (non-hydrogen) atoms. The van der Waals surface area contributed by atoms with Crippen LogP contribution >= 0.6 is 11.9 Å². The van der Waals surface area contributed by atoms with Crippen molar-refractivity contribution in [1.82, 2.24) is 33.6 Å². The first-order valence-corrected chi connectivity index (χ1v) is 12.3. The second kappa shape index (κ2) is 8.62. The van der Waals surface area contributed by atoms with Gasteiger partial charge in [-0.2, -0.15) is 19.8 Å². The van der Waals surface area contributed by atoms with Crippen molar-refractivity contribution in [3.05, 3.63) is 66.5 Å². The summed E-state index contributed by atoms with van der Waals surface area (Å²) in [6, 6.07) is 18.2. The van der Waals surface area contributed by atoms with Crippen LogP contribution in [0.3, 0.4) is 0 Å². The summed E-state index contributed by atoms with van der Waals surface area (Å²) in [5.41, 5.74) is 5.43. The van der Waals surface area contributed by atoms with E-state index < -0.39 is 0 Å². The van der Waals surface area contributed by atoms with Gasteiger partial charge in [-0.25, -0.2) is 13.8 Å². The summed E-state index contributed by atoms with van der Waals surface area (Å²) in [5.74, 6) is 1.71. The highest BCUT2D eigenvalue weighted by molar-refractivity contribution is 7.97. The quantitative estimate of drug-likeness (QED) is 0.386. The van der Waals surface area contributed by atoms with E-state index in [1.165, 1.54) is 0 Å². The first-order chi connectivity index (χ1) is 16.7. The van der Waals surface area contributed by atoms with Crippen molar-refractivity contribution in [3.8, 4) is 28.5 Å². The number of rotatable bonds is 5. The molecule has 6 rings (SSSR count). The molecule has 0 amide bonds. The van der Waals surface area contributed by atoms with E-state index in [0.29, 0.717) is 13.2 Å². The van der Waals surface area contributed by atoms with E-state index in [-0.39, 0.29) is 0 Å². The highest BCUT2D eigenvalue weighted by Gasteiger charge is 2.20. The summed E-state index contributed by atoms with van der Waals surface area (Å²) in [5, 5.41) is 14.4. The second-order valence-electron chi connectivity index (χ2n) is 8.11. The van der Waals surface area contributed by atoms with Crippen molar-refractivity contribution < 1.29 is 4.74 Å². The molecule has 5 heterocycles. The molecule has 4 aromatic heterocycles. The Balaban J connectivity index is 1.47. The smallest absolute Gasteiger partial charge is 0.160 e. The molecule has 0 saturated carbocycles. The van der Waals surface area contributed by atoms with E-state index in [1.807, 2.05) is 75.1 Å².